The molecule has 1 aliphatic heterocycles. The predicted molar refractivity (Wildman–Crippen MR) is 67.6 cm³/mol. The van der Waals surface area contributed by atoms with Gasteiger partial charge < -0.3 is 4.90 Å². The number of rotatable bonds is 3. The number of alkyl halides is 1. The number of halogens is 1. The fourth-order valence-corrected chi connectivity index (χ4v) is 2.24. The molecule has 17 heavy (non-hydrogen) atoms. The fraction of sp³-hybridized carbons (Fsp3) is 0.769. The van der Waals surface area contributed by atoms with Crippen molar-refractivity contribution >= 4 is 5.91 Å². The van der Waals surface area contributed by atoms with Gasteiger partial charge in [-0.2, -0.15) is 0 Å². The van der Waals surface area contributed by atoms with E-state index in [2.05, 4.69) is 32.3 Å². The molecule has 3 nitrogen and oxygen atoms in total. The highest BCUT2D eigenvalue weighted by atomic mass is 19.1. The van der Waals surface area contributed by atoms with Crippen molar-refractivity contribution in [2.45, 2.75) is 38.8 Å². The smallest absolute Gasteiger partial charge is 0.246 e. The van der Waals surface area contributed by atoms with E-state index < -0.39 is 0 Å². The average molecular weight is 242 g/mol. The third-order valence-corrected chi connectivity index (χ3v) is 3.33. The van der Waals surface area contributed by atoms with E-state index in [0.717, 1.165) is 13.1 Å². The first-order valence-electron chi connectivity index (χ1n) is 6.14. The van der Waals surface area contributed by atoms with E-state index in [0.29, 0.717) is 13.0 Å². The normalized spacial score (nSPS) is 22.6. The van der Waals surface area contributed by atoms with Crippen LogP contribution in [0, 0.1) is 0 Å². The topological polar surface area (TPSA) is 23.6 Å². The summed E-state index contributed by atoms with van der Waals surface area (Å²) < 4.78 is 12.6. The van der Waals surface area contributed by atoms with Gasteiger partial charge in [0.05, 0.1) is 6.67 Å². The number of amides is 1. The fourth-order valence-electron chi connectivity index (χ4n) is 2.24. The lowest BCUT2D eigenvalue weighted by Crippen LogP contribution is -2.59. The molecular formula is C13H23FN2O. The summed E-state index contributed by atoms with van der Waals surface area (Å²) in [5.74, 6) is -0.0861. The Morgan fingerprint density at radius 3 is 2.59 bits per heavy atom. The SMILES string of the molecule is C=CC(=O)N1CCN(C(C)(C)C)CC1CCF. The van der Waals surface area contributed by atoms with Crippen LogP contribution in [-0.2, 0) is 4.79 Å². The van der Waals surface area contributed by atoms with Crippen molar-refractivity contribution in [1.29, 1.82) is 0 Å². The van der Waals surface area contributed by atoms with E-state index in [9.17, 15) is 9.18 Å². The minimum atomic E-state index is -0.385. The highest BCUT2D eigenvalue weighted by Gasteiger charge is 2.33. The minimum Gasteiger partial charge on any atom is -0.334 e. The van der Waals surface area contributed by atoms with Crippen LogP contribution < -0.4 is 0 Å². The van der Waals surface area contributed by atoms with Gasteiger partial charge in [-0.15, -0.1) is 0 Å². The molecule has 1 fully saturated rings. The van der Waals surface area contributed by atoms with Gasteiger partial charge >= 0.3 is 0 Å². The van der Waals surface area contributed by atoms with Gasteiger partial charge in [-0.3, -0.25) is 14.1 Å². The molecule has 1 unspecified atom stereocenters. The number of hydrogen-bond acceptors (Lipinski definition) is 2. The quantitative estimate of drug-likeness (QED) is 0.705. The van der Waals surface area contributed by atoms with Crippen molar-refractivity contribution in [1.82, 2.24) is 9.80 Å². The molecule has 1 saturated heterocycles. The highest BCUT2D eigenvalue weighted by molar-refractivity contribution is 5.87. The highest BCUT2D eigenvalue weighted by Crippen LogP contribution is 2.21. The molecule has 0 aromatic carbocycles. The number of carbonyl (C=O) groups excluding carboxylic acids is 1. The van der Waals surface area contributed by atoms with Crippen LogP contribution in [0.5, 0.6) is 0 Å². The lowest BCUT2D eigenvalue weighted by Gasteiger charge is -2.46. The molecule has 0 saturated carbocycles. The minimum absolute atomic E-state index is 0.0292. The molecule has 0 aromatic heterocycles. The second-order valence-electron chi connectivity index (χ2n) is 5.48. The molecule has 0 spiro atoms. The summed E-state index contributed by atoms with van der Waals surface area (Å²) in [4.78, 5) is 15.7. The van der Waals surface area contributed by atoms with E-state index in [1.54, 1.807) is 4.90 Å². The summed E-state index contributed by atoms with van der Waals surface area (Å²) in [7, 11) is 0. The molecule has 1 atom stereocenters. The third-order valence-electron chi connectivity index (χ3n) is 3.33. The van der Waals surface area contributed by atoms with E-state index >= 15 is 0 Å². The molecule has 0 radical (unpaired) electrons. The molecule has 0 aliphatic carbocycles. The van der Waals surface area contributed by atoms with Crippen LogP contribution in [-0.4, -0.2) is 53.6 Å². The number of piperazine rings is 1. The Morgan fingerprint density at radius 2 is 2.12 bits per heavy atom. The van der Waals surface area contributed by atoms with Gasteiger partial charge in [0.2, 0.25) is 5.91 Å². The van der Waals surface area contributed by atoms with Gasteiger partial charge in [0.1, 0.15) is 0 Å². The Hall–Kier alpha value is -0.900. The van der Waals surface area contributed by atoms with E-state index in [1.807, 2.05) is 0 Å². The number of nitrogens with zero attached hydrogens (tertiary/aromatic N) is 2. The van der Waals surface area contributed by atoms with Gasteiger partial charge in [0, 0.05) is 31.2 Å². The van der Waals surface area contributed by atoms with E-state index in [4.69, 9.17) is 0 Å². The standard InChI is InChI=1S/C13H23FN2O/c1-5-12(17)16-9-8-15(13(2,3)4)10-11(16)6-7-14/h5,11H,1,6-10H2,2-4H3. The number of hydrogen-bond donors (Lipinski definition) is 0. The Bertz CT molecular complexity index is 286. The molecule has 1 heterocycles. The summed E-state index contributed by atoms with van der Waals surface area (Å²) in [5.41, 5.74) is 0.0673. The maximum atomic E-state index is 12.6. The van der Waals surface area contributed by atoms with Crippen molar-refractivity contribution in [3.8, 4) is 0 Å². The lowest BCUT2D eigenvalue weighted by molar-refractivity contribution is -0.132. The predicted octanol–water partition coefficient (Wildman–Crippen LogP) is 1.84. The van der Waals surface area contributed by atoms with Gasteiger partial charge in [0.25, 0.3) is 0 Å². The Morgan fingerprint density at radius 1 is 1.47 bits per heavy atom. The van der Waals surface area contributed by atoms with Crippen LogP contribution in [0.4, 0.5) is 4.39 Å². The number of carbonyl (C=O) groups is 1. The zero-order chi connectivity index (χ0) is 13.1. The van der Waals surface area contributed by atoms with Gasteiger partial charge in [-0.05, 0) is 33.3 Å². The second kappa shape index (κ2) is 5.63. The maximum Gasteiger partial charge on any atom is 0.246 e. The molecule has 4 heteroatoms. The average Bonchev–Trinajstić information content (AvgIpc) is 2.27. The van der Waals surface area contributed by atoms with Crippen LogP contribution in [0.25, 0.3) is 0 Å². The summed E-state index contributed by atoms with van der Waals surface area (Å²) >= 11 is 0. The first-order valence-corrected chi connectivity index (χ1v) is 6.14. The Balaban J connectivity index is 2.73. The Labute approximate surface area is 103 Å². The largest absolute Gasteiger partial charge is 0.334 e. The van der Waals surface area contributed by atoms with Crippen LogP contribution in [0.15, 0.2) is 12.7 Å². The molecule has 1 amide bonds. The van der Waals surface area contributed by atoms with Gasteiger partial charge in [0.15, 0.2) is 0 Å². The molecule has 0 bridgehead atoms. The zero-order valence-corrected chi connectivity index (χ0v) is 11.1. The molecule has 0 aromatic rings. The monoisotopic (exact) mass is 242 g/mol. The van der Waals surface area contributed by atoms with Crippen LogP contribution in [0.3, 0.4) is 0 Å². The van der Waals surface area contributed by atoms with Crippen molar-refractivity contribution in [2.24, 2.45) is 0 Å². The van der Waals surface area contributed by atoms with Crippen molar-refractivity contribution < 1.29 is 9.18 Å². The molecule has 0 N–H and O–H groups in total. The van der Waals surface area contributed by atoms with Gasteiger partial charge in [-0.1, -0.05) is 6.58 Å². The lowest BCUT2D eigenvalue weighted by atomic mass is 10.0. The summed E-state index contributed by atoms with van der Waals surface area (Å²) in [6.45, 7) is 11.8. The first kappa shape index (κ1) is 14.2. The second-order valence-corrected chi connectivity index (χ2v) is 5.48. The zero-order valence-electron chi connectivity index (χ0n) is 11.1. The summed E-state index contributed by atoms with van der Waals surface area (Å²) in [6, 6.07) is -0.0292. The Kier molecular flexibility index (Phi) is 4.69. The third kappa shape index (κ3) is 3.53. The summed E-state index contributed by atoms with van der Waals surface area (Å²) in [6.07, 6.45) is 1.73. The van der Waals surface area contributed by atoms with Crippen molar-refractivity contribution in [3.63, 3.8) is 0 Å². The van der Waals surface area contributed by atoms with Crippen LogP contribution >= 0.6 is 0 Å². The first-order chi connectivity index (χ1) is 7.90. The van der Waals surface area contributed by atoms with Crippen molar-refractivity contribution in [3.05, 3.63) is 12.7 Å². The molecule has 1 rings (SSSR count). The summed E-state index contributed by atoms with van der Waals surface area (Å²) in [5, 5.41) is 0. The molecular weight excluding hydrogens is 219 g/mol. The molecule has 98 valence electrons. The van der Waals surface area contributed by atoms with E-state index in [-0.39, 0.29) is 24.2 Å². The van der Waals surface area contributed by atoms with E-state index in [1.165, 1.54) is 6.08 Å². The maximum absolute atomic E-state index is 12.6. The molecule has 1 aliphatic rings. The van der Waals surface area contributed by atoms with Crippen molar-refractivity contribution in [2.75, 3.05) is 26.3 Å². The van der Waals surface area contributed by atoms with Crippen LogP contribution in [0.2, 0.25) is 0 Å². The van der Waals surface area contributed by atoms with Gasteiger partial charge in [-0.25, -0.2) is 0 Å². The van der Waals surface area contributed by atoms with Crippen LogP contribution in [0.1, 0.15) is 27.2 Å².